The molecule has 3 saturated heterocycles. The maximum absolute atomic E-state index is 17.1. The molecule has 4 fully saturated rings. The Balaban J connectivity index is 1.27. The minimum atomic E-state index is -0.935. The monoisotopic (exact) mass is 657 g/mol. The van der Waals surface area contributed by atoms with E-state index >= 15 is 8.78 Å². The number of fused-ring (bicyclic) bond motifs is 4. The quantitative estimate of drug-likeness (QED) is 0.243. The number of anilines is 1. The molecule has 4 aromatic rings. The molecule has 3 aromatic carbocycles. The van der Waals surface area contributed by atoms with E-state index in [2.05, 4.69) is 32.9 Å². The maximum Gasteiger partial charge on any atom is 0.319 e. The molecule has 1 N–H and O–H groups in total. The number of methoxy groups -OCH3 is 1. The number of halogens is 3. The largest absolute Gasteiger partial charge is 0.493 e. The molecule has 3 atom stereocenters. The van der Waals surface area contributed by atoms with Crippen molar-refractivity contribution in [3.63, 3.8) is 0 Å². The van der Waals surface area contributed by atoms with Gasteiger partial charge in [0.05, 0.1) is 43.4 Å². The minimum absolute atomic E-state index is 0.0245. The third-order valence-electron chi connectivity index (χ3n) is 10.6. The molecular weight excluding hydrogens is 619 g/mol. The molecule has 8 nitrogen and oxygen atoms in total. The molecule has 11 heteroatoms. The van der Waals surface area contributed by atoms with E-state index in [1.54, 1.807) is 18.2 Å². The van der Waals surface area contributed by atoms with E-state index in [0.717, 1.165) is 38.8 Å². The van der Waals surface area contributed by atoms with E-state index in [-0.39, 0.29) is 56.7 Å². The molecule has 1 saturated carbocycles. The van der Waals surface area contributed by atoms with Crippen molar-refractivity contribution < 1.29 is 27.4 Å². The molecule has 0 spiro atoms. The van der Waals surface area contributed by atoms with Gasteiger partial charge in [-0.15, -0.1) is 6.42 Å². The smallest absolute Gasteiger partial charge is 0.319 e. The van der Waals surface area contributed by atoms with Crippen molar-refractivity contribution in [2.45, 2.75) is 50.7 Å². The van der Waals surface area contributed by atoms with E-state index in [1.807, 2.05) is 0 Å². The van der Waals surface area contributed by atoms with Crippen molar-refractivity contribution in [1.29, 1.82) is 0 Å². The predicted molar refractivity (Wildman–Crippen MR) is 178 cm³/mol. The number of aromatic nitrogens is 2. The Hall–Kier alpha value is -4.11. The molecule has 250 valence electrons. The summed E-state index contributed by atoms with van der Waals surface area (Å²) < 4.78 is 66.4. The van der Waals surface area contributed by atoms with Gasteiger partial charge in [-0.3, -0.25) is 4.90 Å². The lowest BCUT2D eigenvalue weighted by atomic mass is 9.92. The second-order valence-electron chi connectivity index (χ2n) is 13.8. The number of nitrogens with one attached hydrogen (secondary N) is 1. The van der Waals surface area contributed by atoms with Gasteiger partial charge in [0.15, 0.2) is 17.4 Å². The van der Waals surface area contributed by atoms with Crippen molar-refractivity contribution in [3.05, 3.63) is 53.3 Å². The molecule has 1 aromatic heterocycles. The third-order valence-corrected chi connectivity index (χ3v) is 10.6. The van der Waals surface area contributed by atoms with Gasteiger partial charge in [0.25, 0.3) is 0 Å². The minimum Gasteiger partial charge on any atom is -0.493 e. The Morgan fingerprint density at radius 2 is 1.85 bits per heavy atom. The summed E-state index contributed by atoms with van der Waals surface area (Å²) in [5, 5.41) is 4.52. The van der Waals surface area contributed by atoms with Gasteiger partial charge in [0, 0.05) is 55.1 Å². The fourth-order valence-electron chi connectivity index (χ4n) is 7.80. The normalized spacial score (nSPS) is 23.4. The van der Waals surface area contributed by atoms with Gasteiger partial charge in [-0.05, 0) is 49.6 Å². The van der Waals surface area contributed by atoms with Crippen LogP contribution in [0.15, 0.2) is 30.3 Å². The molecule has 3 aliphatic heterocycles. The highest BCUT2D eigenvalue weighted by atomic mass is 19.1. The first-order chi connectivity index (χ1) is 23.3. The number of morpholine rings is 1. The second-order valence-corrected chi connectivity index (χ2v) is 13.8. The number of rotatable bonds is 8. The van der Waals surface area contributed by atoms with Crippen LogP contribution in [-0.2, 0) is 4.74 Å². The second kappa shape index (κ2) is 12.1. The topological polar surface area (TPSA) is 72.0 Å². The molecule has 0 radical (unpaired) electrons. The summed E-state index contributed by atoms with van der Waals surface area (Å²) in [5.41, 5.74) is -0.552. The Bertz CT molecular complexity index is 1950. The van der Waals surface area contributed by atoms with Crippen LogP contribution in [0.2, 0.25) is 0 Å². The van der Waals surface area contributed by atoms with Crippen molar-refractivity contribution in [2.75, 3.05) is 58.0 Å². The highest BCUT2D eigenvalue weighted by Crippen LogP contribution is 2.48. The summed E-state index contributed by atoms with van der Waals surface area (Å²) in [6.07, 6.45) is 9.75. The Kier molecular flexibility index (Phi) is 7.85. The van der Waals surface area contributed by atoms with E-state index < -0.39 is 23.0 Å². The SMILES string of the molecule is C#Cc1c(F)ccc2cccc(-c3c(F)c(OC)c4c(N5CC6CCC(C5)N6)nc(OCC5(CN6CCOC[C@H]6C)CC5)nc4c3F)c12. The van der Waals surface area contributed by atoms with E-state index in [9.17, 15) is 4.39 Å². The van der Waals surface area contributed by atoms with Crippen LogP contribution in [0.5, 0.6) is 11.8 Å². The van der Waals surface area contributed by atoms with Gasteiger partial charge < -0.3 is 24.4 Å². The summed E-state index contributed by atoms with van der Waals surface area (Å²) in [5.74, 6) is 0.0509. The molecule has 2 bridgehead atoms. The van der Waals surface area contributed by atoms with Crippen LogP contribution in [0.1, 0.15) is 38.2 Å². The van der Waals surface area contributed by atoms with Crippen LogP contribution in [0.3, 0.4) is 0 Å². The van der Waals surface area contributed by atoms with Crippen LogP contribution in [0, 0.1) is 35.2 Å². The molecule has 0 amide bonds. The molecule has 4 aliphatic rings. The fourth-order valence-corrected chi connectivity index (χ4v) is 7.80. The van der Waals surface area contributed by atoms with Crippen LogP contribution in [0.25, 0.3) is 32.8 Å². The Morgan fingerprint density at radius 3 is 2.56 bits per heavy atom. The number of benzene rings is 3. The summed E-state index contributed by atoms with van der Waals surface area (Å²) in [6, 6.07) is 8.52. The Morgan fingerprint density at radius 1 is 1.06 bits per heavy atom. The first-order valence-electron chi connectivity index (χ1n) is 16.7. The van der Waals surface area contributed by atoms with Gasteiger partial charge in [-0.25, -0.2) is 13.2 Å². The zero-order valence-corrected chi connectivity index (χ0v) is 27.1. The molecule has 4 heterocycles. The van der Waals surface area contributed by atoms with Gasteiger partial charge in [-0.1, -0.05) is 30.2 Å². The van der Waals surface area contributed by atoms with Gasteiger partial charge in [0.2, 0.25) is 0 Å². The standard InChI is InChI=1S/C37H38F3N5O3/c1-4-25-27(38)11-8-22-6-5-7-26(28(22)25)29-31(39)33-30(34(46-3)32(29)40)35(45-16-23-9-10-24(17-45)41-23)43-36(42-33)48-20-37(12-13-37)19-44-14-15-47-18-21(44)2/h1,5-8,11,21,23-24,41H,9-10,12-20H2,2-3H3/t21-,23?,24?/m1/s1. The Labute approximate surface area is 277 Å². The zero-order valence-electron chi connectivity index (χ0n) is 27.1. The molecule has 48 heavy (non-hydrogen) atoms. The molecule has 1 aliphatic carbocycles. The average Bonchev–Trinajstić information content (AvgIpc) is 3.78. The highest BCUT2D eigenvalue weighted by Gasteiger charge is 2.46. The first kappa shape index (κ1) is 31.2. The lowest BCUT2D eigenvalue weighted by Gasteiger charge is -2.36. The van der Waals surface area contributed by atoms with Crippen LogP contribution < -0.4 is 19.7 Å². The average molecular weight is 658 g/mol. The van der Waals surface area contributed by atoms with Gasteiger partial charge in [-0.2, -0.15) is 9.97 Å². The number of hydrogen-bond acceptors (Lipinski definition) is 8. The third kappa shape index (κ3) is 5.31. The van der Waals surface area contributed by atoms with Gasteiger partial charge in [0.1, 0.15) is 17.2 Å². The highest BCUT2D eigenvalue weighted by molar-refractivity contribution is 6.05. The van der Waals surface area contributed by atoms with E-state index in [0.29, 0.717) is 50.2 Å². The summed E-state index contributed by atoms with van der Waals surface area (Å²) >= 11 is 0. The van der Waals surface area contributed by atoms with Crippen molar-refractivity contribution >= 4 is 27.5 Å². The first-order valence-corrected chi connectivity index (χ1v) is 16.7. The van der Waals surface area contributed by atoms with Crippen LogP contribution >= 0.6 is 0 Å². The maximum atomic E-state index is 17.1. The van der Waals surface area contributed by atoms with Crippen LogP contribution in [0.4, 0.5) is 19.0 Å². The zero-order chi connectivity index (χ0) is 33.2. The van der Waals surface area contributed by atoms with Gasteiger partial charge >= 0.3 is 6.01 Å². The lowest BCUT2D eigenvalue weighted by Crippen LogP contribution is -2.51. The summed E-state index contributed by atoms with van der Waals surface area (Å²) in [7, 11) is 1.34. The van der Waals surface area contributed by atoms with E-state index in [4.69, 9.17) is 25.6 Å². The van der Waals surface area contributed by atoms with Crippen molar-refractivity contribution in [2.24, 2.45) is 5.41 Å². The molecule has 2 unspecified atom stereocenters. The molecule has 8 rings (SSSR count). The number of ether oxygens (including phenoxy) is 3. The predicted octanol–water partition coefficient (Wildman–Crippen LogP) is 5.68. The van der Waals surface area contributed by atoms with Crippen molar-refractivity contribution in [1.82, 2.24) is 20.2 Å². The number of piperazine rings is 1. The van der Waals surface area contributed by atoms with Crippen molar-refractivity contribution in [3.8, 4) is 35.2 Å². The number of terminal acetylenes is 1. The number of hydrogen-bond donors (Lipinski definition) is 1. The summed E-state index contributed by atoms with van der Waals surface area (Å²) in [6.45, 7) is 6.90. The summed E-state index contributed by atoms with van der Waals surface area (Å²) in [4.78, 5) is 13.9. The molecular formula is C37H38F3N5O3. The van der Waals surface area contributed by atoms with Crippen LogP contribution in [-0.4, -0.2) is 86.1 Å². The fraction of sp³-hybridized carbons (Fsp3) is 0.459. The lowest BCUT2D eigenvalue weighted by molar-refractivity contribution is -0.0134. The number of nitrogens with zero attached hydrogens (tertiary/aromatic N) is 4. The van der Waals surface area contributed by atoms with E-state index in [1.165, 1.54) is 19.2 Å².